The first-order chi connectivity index (χ1) is 11.6. The Morgan fingerprint density at radius 1 is 1.42 bits per heavy atom. The first-order valence-electron chi connectivity index (χ1n) is 8.63. The van der Waals surface area contributed by atoms with Crippen LogP contribution in [-0.2, 0) is 0 Å². The number of hydrogen-bond acceptors (Lipinski definition) is 5. The van der Waals surface area contributed by atoms with Crippen LogP contribution in [-0.4, -0.2) is 42.1 Å². The van der Waals surface area contributed by atoms with Gasteiger partial charge in [-0.05, 0) is 42.7 Å². The first kappa shape index (κ1) is 17.2. The molecule has 0 spiro atoms. The van der Waals surface area contributed by atoms with Crippen LogP contribution in [0.2, 0.25) is 0 Å². The summed E-state index contributed by atoms with van der Waals surface area (Å²) in [6, 6.07) is 5.62. The van der Waals surface area contributed by atoms with Crippen molar-refractivity contribution in [1.82, 2.24) is 15.4 Å². The van der Waals surface area contributed by atoms with Crippen LogP contribution in [0.3, 0.4) is 0 Å². The van der Waals surface area contributed by atoms with E-state index < -0.39 is 0 Å². The Morgan fingerprint density at radius 2 is 2.21 bits per heavy atom. The van der Waals surface area contributed by atoms with Crippen molar-refractivity contribution in [3.05, 3.63) is 29.3 Å². The summed E-state index contributed by atoms with van der Waals surface area (Å²) in [7, 11) is 0. The number of amides is 1. The molecule has 0 bridgehead atoms. The number of rotatable bonds is 6. The van der Waals surface area contributed by atoms with Crippen LogP contribution in [0.1, 0.15) is 37.2 Å². The third-order valence-corrected chi connectivity index (χ3v) is 5.28. The zero-order chi connectivity index (χ0) is 16.9. The van der Waals surface area contributed by atoms with Gasteiger partial charge in [-0.15, -0.1) is 11.3 Å². The van der Waals surface area contributed by atoms with Crippen molar-refractivity contribution in [3.8, 4) is 10.6 Å². The number of nitrogens with zero attached hydrogens (tertiary/aromatic N) is 2. The Kier molecular flexibility index (Phi) is 5.68. The van der Waals surface area contributed by atoms with Gasteiger partial charge in [0.1, 0.15) is 5.69 Å². The molecule has 1 N–H and O–H groups in total. The number of piperidine rings is 1. The standard InChI is InChI=1S/C18H25N3O2S/c1-13-9-14(2)12-21(11-13)7-4-6-19-18(22)16-10-15(20-23-16)17-5-3-8-24-17/h3,5,8,10,13-14H,4,6-7,9,11-12H2,1-2H3,(H,19,22)/t13-,14-/m0/s1. The lowest BCUT2D eigenvalue weighted by Gasteiger charge is -2.34. The van der Waals surface area contributed by atoms with Gasteiger partial charge in [0, 0.05) is 25.7 Å². The average molecular weight is 347 g/mol. The normalized spacial score (nSPS) is 21.8. The van der Waals surface area contributed by atoms with E-state index in [0.717, 1.165) is 29.7 Å². The lowest BCUT2D eigenvalue weighted by molar-refractivity contribution is 0.0911. The molecule has 1 fully saturated rings. The van der Waals surface area contributed by atoms with Gasteiger partial charge in [-0.2, -0.15) is 0 Å². The molecule has 1 saturated heterocycles. The molecule has 1 aliphatic rings. The van der Waals surface area contributed by atoms with Crippen molar-refractivity contribution in [2.75, 3.05) is 26.2 Å². The van der Waals surface area contributed by atoms with E-state index in [2.05, 4.69) is 29.2 Å². The molecular weight excluding hydrogens is 322 g/mol. The highest BCUT2D eigenvalue weighted by molar-refractivity contribution is 7.13. The summed E-state index contributed by atoms with van der Waals surface area (Å²) in [6.07, 6.45) is 2.28. The highest BCUT2D eigenvalue weighted by Gasteiger charge is 2.21. The van der Waals surface area contributed by atoms with E-state index in [1.54, 1.807) is 17.4 Å². The molecule has 0 unspecified atom stereocenters. The molecule has 1 amide bonds. The molecule has 0 aromatic carbocycles. The molecule has 2 atom stereocenters. The summed E-state index contributed by atoms with van der Waals surface area (Å²) < 4.78 is 5.16. The van der Waals surface area contributed by atoms with Crippen molar-refractivity contribution >= 4 is 17.2 Å². The fourth-order valence-corrected chi connectivity index (χ4v) is 4.17. The van der Waals surface area contributed by atoms with Crippen molar-refractivity contribution in [3.63, 3.8) is 0 Å². The van der Waals surface area contributed by atoms with Gasteiger partial charge >= 0.3 is 0 Å². The van der Waals surface area contributed by atoms with Gasteiger partial charge in [0.25, 0.3) is 5.91 Å². The first-order valence-corrected chi connectivity index (χ1v) is 9.51. The summed E-state index contributed by atoms with van der Waals surface area (Å²) >= 11 is 1.58. The maximum atomic E-state index is 12.1. The largest absolute Gasteiger partial charge is 0.350 e. The third-order valence-electron chi connectivity index (χ3n) is 4.39. The van der Waals surface area contributed by atoms with Gasteiger partial charge < -0.3 is 14.7 Å². The Bertz CT molecular complexity index is 643. The van der Waals surface area contributed by atoms with Crippen molar-refractivity contribution in [2.45, 2.75) is 26.7 Å². The predicted molar refractivity (Wildman–Crippen MR) is 96.2 cm³/mol. The molecule has 6 heteroatoms. The van der Waals surface area contributed by atoms with Crippen LogP contribution < -0.4 is 5.32 Å². The third kappa shape index (κ3) is 4.45. The Morgan fingerprint density at radius 3 is 2.92 bits per heavy atom. The molecule has 0 radical (unpaired) electrons. The van der Waals surface area contributed by atoms with Crippen LogP contribution in [0.15, 0.2) is 28.1 Å². The smallest absolute Gasteiger partial charge is 0.289 e. The van der Waals surface area contributed by atoms with Gasteiger partial charge in [0.2, 0.25) is 5.76 Å². The quantitative estimate of drug-likeness (QED) is 0.813. The molecule has 3 heterocycles. The monoisotopic (exact) mass is 347 g/mol. The second kappa shape index (κ2) is 7.94. The second-order valence-electron chi connectivity index (χ2n) is 6.87. The number of hydrogen-bond donors (Lipinski definition) is 1. The second-order valence-corrected chi connectivity index (χ2v) is 7.82. The maximum absolute atomic E-state index is 12.1. The molecule has 3 rings (SSSR count). The van der Waals surface area contributed by atoms with E-state index in [1.807, 2.05) is 17.5 Å². The minimum absolute atomic E-state index is 0.189. The van der Waals surface area contributed by atoms with Gasteiger partial charge in [-0.25, -0.2) is 0 Å². The zero-order valence-electron chi connectivity index (χ0n) is 14.3. The minimum Gasteiger partial charge on any atom is -0.350 e. The number of aromatic nitrogens is 1. The molecule has 2 aromatic heterocycles. The lowest BCUT2D eigenvalue weighted by atomic mass is 9.92. The lowest BCUT2D eigenvalue weighted by Crippen LogP contribution is -2.40. The number of carbonyl (C=O) groups is 1. The summed E-state index contributed by atoms with van der Waals surface area (Å²) in [6.45, 7) is 8.67. The summed E-state index contributed by atoms with van der Waals surface area (Å²) in [5.41, 5.74) is 0.714. The number of thiophene rings is 1. The predicted octanol–water partition coefficient (Wildman–Crippen LogP) is 3.50. The van der Waals surface area contributed by atoms with Gasteiger partial charge in [-0.3, -0.25) is 4.79 Å². The molecule has 2 aromatic rings. The van der Waals surface area contributed by atoms with Gasteiger partial charge in [-0.1, -0.05) is 25.1 Å². The molecule has 24 heavy (non-hydrogen) atoms. The van der Waals surface area contributed by atoms with Crippen molar-refractivity contribution in [1.29, 1.82) is 0 Å². The van der Waals surface area contributed by atoms with E-state index in [1.165, 1.54) is 19.5 Å². The highest BCUT2D eigenvalue weighted by atomic mass is 32.1. The molecular formula is C18H25N3O2S. The molecule has 0 saturated carbocycles. The summed E-state index contributed by atoms with van der Waals surface area (Å²) in [5, 5.41) is 8.87. The van der Waals surface area contributed by atoms with E-state index in [9.17, 15) is 4.79 Å². The number of carbonyl (C=O) groups excluding carboxylic acids is 1. The van der Waals surface area contributed by atoms with Crippen molar-refractivity contribution < 1.29 is 9.32 Å². The highest BCUT2D eigenvalue weighted by Crippen LogP contribution is 2.24. The average Bonchev–Trinajstić information content (AvgIpc) is 3.20. The maximum Gasteiger partial charge on any atom is 0.289 e. The number of nitrogens with one attached hydrogen (secondary N) is 1. The van der Waals surface area contributed by atoms with Crippen LogP contribution in [0.5, 0.6) is 0 Å². The van der Waals surface area contributed by atoms with Gasteiger partial charge in [0.05, 0.1) is 4.88 Å². The molecule has 1 aliphatic heterocycles. The topological polar surface area (TPSA) is 58.4 Å². The van der Waals surface area contributed by atoms with Crippen LogP contribution >= 0.6 is 11.3 Å². The Labute approximate surface area is 147 Å². The van der Waals surface area contributed by atoms with E-state index in [0.29, 0.717) is 12.2 Å². The van der Waals surface area contributed by atoms with Gasteiger partial charge in [0.15, 0.2) is 0 Å². The van der Waals surface area contributed by atoms with E-state index in [-0.39, 0.29) is 11.7 Å². The zero-order valence-corrected chi connectivity index (χ0v) is 15.1. The number of likely N-dealkylation sites (tertiary alicyclic amines) is 1. The Hall–Kier alpha value is -1.66. The van der Waals surface area contributed by atoms with Crippen LogP contribution in [0.25, 0.3) is 10.6 Å². The minimum atomic E-state index is -0.189. The molecule has 5 nitrogen and oxygen atoms in total. The summed E-state index contributed by atoms with van der Waals surface area (Å²) in [5.74, 6) is 1.63. The van der Waals surface area contributed by atoms with E-state index in [4.69, 9.17) is 4.52 Å². The molecule has 130 valence electrons. The van der Waals surface area contributed by atoms with Crippen LogP contribution in [0.4, 0.5) is 0 Å². The SMILES string of the molecule is C[C@H]1C[C@H](C)CN(CCCNC(=O)c2cc(-c3cccs3)no2)C1. The van der Waals surface area contributed by atoms with Crippen molar-refractivity contribution in [2.24, 2.45) is 11.8 Å². The summed E-state index contributed by atoms with van der Waals surface area (Å²) in [4.78, 5) is 15.6. The van der Waals surface area contributed by atoms with Crippen LogP contribution in [0, 0.1) is 11.8 Å². The molecule has 0 aliphatic carbocycles. The Balaban J connectivity index is 1.41. The fourth-order valence-electron chi connectivity index (χ4n) is 3.49. The van der Waals surface area contributed by atoms with E-state index >= 15 is 0 Å². The fraction of sp³-hybridized carbons (Fsp3) is 0.556.